The topological polar surface area (TPSA) is 36.9 Å². The smallest absolute Gasteiger partial charge is 0.261 e. The first-order valence-corrected chi connectivity index (χ1v) is 21.2. The predicted octanol–water partition coefficient (Wildman–Crippen LogP) is 8.74. The Labute approximate surface area is 276 Å². The molecule has 0 aliphatic rings. The van der Waals surface area contributed by atoms with Gasteiger partial charge in [-0.1, -0.05) is 114 Å². The monoisotopic (exact) mass is 644 g/mol. The summed E-state index contributed by atoms with van der Waals surface area (Å²) in [5.41, 5.74) is 1.10. The van der Waals surface area contributed by atoms with Gasteiger partial charge in [-0.2, -0.15) is 0 Å². The van der Waals surface area contributed by atoms with Gasteiger partial charge in [-0.05, 0) is 64.1 Å². The van der Waals surface area contributed by atoms with E-state index in [1.807, 2.05) is 24.3 Å². The molecular weight excluding hydrogens is 589 g/mol. The summed E-state index contributed by atoms with van der Waals surface area (Å²) in [5.74, 6) is 7.76. The van der Waals surface area contributed by atoms with E-state index < -0.39 is 16.6 Å². The number of rotatable bonds is 15. The van der Waals surface area contributed by atoms with Crippen LogP contribution in [-0.2, 0) is 20.2 Å². The van der Waals surface area contributed by atoms with Crippen molar-refractivity contribution in [1.29, 1.82) is 0 Å². The summed E-state index contributed by atoms with van der Waals surface area (Å²) in [6.45, 7) is 20.2. The average molecular weight is 645 g/mol. The van der Waals surface area contributed by atoms with Gasteiger partial charge in [0.05, 0.1) is 26.4 Å². The van der Waals surface area contributed by atoms with Crippen LogP contribution >= 0.6 is 0 Å². The highest BCUT2D eigenvalue weighted by Gasteiger charge is 2.51. The van der Waals surface area contributed by atoms with Gasteiger partial charge >= 0.3 is 0 Å². The van der Waals surface area contributed by atoms with Crippen LogP contribution in [0.3, 0.4) is 0 Å². The molecule has 3 aromatic carbocycles. The van der Waals surface area contributed by atoms with Gasteiger partial charge in [0.2, 0.25) is 0 Å². The molecular formula is C39H56O4Si2. The van der Waals surface area contributed by atoms with E-state index in [0.717, 1.165) is 37.2 Å². The van der Waals surface area contributed by atoms with Gasteiger partial charge in [-0.15, -0.1) is 11.8 Å². The number of unbranched alkanes of at least 4 members (excludes halogenated alkanes) is 2. The molecule has 0 amide bonds. The van der Waals surface area contributed by atoms with Crippen LogP contribution in [0.15, 0.2) is 84.9 Å². The summed E-state index contributed by atoms with van der Waals surface area (Å²) in [7, 11) is -2.77. The third-order valence-electron chi connectivity index (χ3n) is 8.91. The third-order valence-corrected chi connectivity index (χ3v) is 18.5. The fourth-order valence-electron chi connectivity index (χ4n) is 5.24. The lowest BCUT2D eigenvalue weighted by Gasteiger charge is -2.45. The Bertz CT molecular complexity index is 1290. The predicted molar refractivity (Wildman–Crippen MR) is 195 cm³/mol. The van der Waals surface area contributed by atoms with Crippen molar-refractivity contribution in [1.82, 2.24) is 0 Å². The fraction of sp³-hybridized carbons (Fsp3) is 0.487. The maximum absolute atomic E-state index is 7.44. The van der Waals surface area contributed by atoms with E-state index in [1.54, 1.807) is 7.11 Å². The molecule has 1 atom stereocenters. The van der Waals surface area contributed by atoms with Crippen LogP contribution in [0.4, 0.5) is 0 Å². The van der Waals surface area contributed by atoms with E-state index >= 15 is 0 Å². The summed E-state index contributed by atoms with van der Waals surface area (Å²) in [6.07, 6.45) is 3.38. The molecule has 0 fully saturated rings. The Hall–Kier alpha value is -2.67. The third kappa shape index (κ3) is 10.4. The van der Waals surface area contributed by atoms with Gasteiger partial charge in [-0.25, -0.2) is 0 Å². The van der Waals surface area contributed by atoms with Gasteiger partial charge in [-0.3, -0.25) is 0 Å². The van der Waals surface area contributed by atoms with Gasteiger partial charge in [0.25, 0.3) is 8.32 Å². The second-order valence-corrected chi connectivity index (χ2v) is 23.5. The molecule has 0 aliphatic heterocycles. The maximum atomic E-state index is 7.44. The highest BCUT2D eigenvalue weighted by molar-refractivity contribution is 6.99. The number of hydrogen-bond donors (Lipinski definition) is 0. The number of methoxy groups -OCH3 is 1. The molecule has 0 radical (unpaired) electrons. The van der Waals surface area contributed by atoms with Crippen LogP contribution in [0, 0.1) is 11.8 Å². The van der Waals surface area contributed by atoms with Crippen molar-refractivity contribution in [3.05, 3.63) is 90.5 Å². The number of ether oxygens (including phenoxy) is 2. The van der Waals surface area contributed by atoms with E-state index in [0.29, 0.717) is 19.6 Å². The molecule has 0 aliphatic carbocycles. The van der Waals surface area contributed by atoms with Crippen molar-refractivity contribution in [2.75, 3.05) is 20.3 Å². The van der Waals surface area contributed by atoms with E-state index in [1.165, 1.54) is 10.4 Å². The van der Waals surface area contributed by atoms with Gasteiger partial charge < -0.3 is 18.3 Å². The van der Waals surface area contributed by atoms with Crippen molar-refractivity contribution in [3.63, 3.8) is 0 Å². The first-order valence-electron chi connectivity index (χ1n) is 16.4. The van der Waals surface area contributed by atoms with Crippen LogP contribution in [-0.4, -0.2) is 43.1 Å². The molecule has 0 spiro atoms. The minimum atomic E-state index is -2.75. The molecule has 3 aromatic rings. The lowest BCUT2D eigenvalue weighted by atomic mass is 10.2. The first-order chi connectivity index (χ1) is 21.3. The zero-order valence-corrected chi connectivity index (χ0v) is 31.2. The quantitative estimate of drug-likeness (QED) is 0.0942. The first kappa shape index (κ1) is 36.8. The molecule has 0 bridgehead atoms. The number of hydrogen-bond acceptors (Lipinski definition) is 4. The molecule has 0 aromatic heterocycles. The molecule has 3 rings (SSSR count). The summed E-state index contributed by atoms with van der Waals surface area (Å²) in [5, 5.41) is 2.64. The molecule has 0 heterocycles. The largest absolute Gasteiger partial charge is 0.497 e. The van der Waals surface area contributed by atoms with Crippen molar-refractivity contribution in [2.45, 2.75) is 103 Å². The lowest BCUT2D eigenvalue weighted by Crippen LogP contribution is -2.68. The molecule has 0 saturated heterocycles. The van der Waals surface area contributed by atoms with Gasteiger partial charge in [0, 0.05) is 19.4 Å². The molecule has 0 saturated carbocycles. The Morgan fingerprint density at radius 1 is 0.711 bits per heavy atom. The molecule has 45 heavy (non-hydrogen) atoms. The highest BCUT2D eigenvalue weighted by Crippen LogP contribution is 2.38. The van der Waals surface area contributed by atoms with Crippen molar-refractivity contribution < 1.29 is 18.3 Å². The second-order valence-electron chi connectivity index (χ2n) is 14.4. The van der Waals surface area contributed by atoms with Crippen LogP contribution in [0.1, 0.15) is 72.8 Å². The van der Waals surface area contributed by atoms with E-state index in [4.69, 9.17) is 18.3 Å². The fourth-order valence-corrected chi connectivity index (χ4v) is 11.0. The zero-order valence-electron chi connectivity index (χ0n) is 29.2. The molecule has 6 heteroatoms. The average Bonchev–Trinajstić information content (AvgIpc) is 3.00. The van der Waals surface area contributed by atoms with Crippen LogP contribution < -0.4 is 15.1 Å². The van der Waals surface area contributed by atoms with Crippen molar-refractivity contribution >= 4 is 27.0 Å². The SMILES string of the molecule is COc1ccc(COC[C@@H](CC#CCCCCO[Si](C)(C)C(C)(C)C)O[Si](c2ccccc2)(c2ccccc2)C(C)(C)C)cc1. The maximum Gasteiger partial charge on any atom is 0.261 e. The Morgan fingerprint density at radius 2 is 1.29 bits per heavy atom. The summed E-state index contributed by atoms with van der Waals surface area (Å²) in [4.78, 5) is 0. The van der Waals surface area contributed by atoms with Crippen LogP contribution in [0.25, 0.3) is 0 Å². The minimum absolute atomic E-state index is 0.123. The van der Waals surface area contributed by atoms with Crippen molar-refractivity contribution in [3.8, 4) is 17.6 Å². The normalized spacial score (nSPS) is 13.2. The Morgan fingerprint density at radius 3 is 1.80 bits per heavy atom. The molecule has 244 valence electrons. The minimum Gasteiger partial charge on any atom is -0.497 e. The van der Waals surface area contributed by atoms with E-state index in [2.05, 4.69) is 127 Å². The van der Waals surface area contributed by atoms with E-state index in [-0.39, 0.29) is 16.2 Å². The van der Waals surface area contributed by atoms with E-state index in [9.17, 15) is 0 Å². The van der Waals surface area contributed by atoms with Gasteiger partial charge in [0.1, 0.15) is 5.75 Å². The molecule has 4 nitrogen and oxygen atoms in total. The van der Waals surface area contributed by atoms with Crippen LogP contribution in [0.5, 0.6) is 5.75 Å². The van der Waals surface area contributed by atoms with Gasteiger partial charge in [0.15, 0.2) is 8.32 Å². The highest BCUT2D eigenvalue weighted by atomic mass is 28.4. The lowest BCUT2D eigenvalue weighted by molar-refractivity contribution is 0.0387. The standard InChI is InChI=1S/C39H56O4Si2/c1-38(2,3)44(8,9)42-30-20-12-10-11-15-21-35(32-41-31-33-26-28-34(40-7)29-27-33)43-45(39(4,5)6,36-22-16-13-17-23-36)37-24-18-14-19-25-37/h13-14,16-19,22-29,35H,10,12,20-21,30-32H2,1-9H3/t35-/m1/s1. The van der Waals surface area contributed by atoms with Crippen molar-refractivity contribution in [2.24, 2.45) is 0 Å². The second kappa shape index (κ2) is 16.8. The zero-order chi connectivity index (χ0) is 33.0. The molecule has 0 N–H and O–H groups in total. The molecule has 0 unspecified atom stereocenters. The number of benzene rings is 3. The summed E-state index contributed by atoms with van der Waals surface area (Å²) >= 11 is 0. The Kier molecular flexibility index (Phi) is 13.7. The summed E-state index contributed by atoms with van der Waals surface area (Å²) in [6, 6.07) is 29.6. The Balaban J connectivity index is 1.78. The summed E-state index contributed by atoms with van der Waals surface area (Å²) < 4.78 is 25.4. The van der Waals surface area contributed by atoms with Crippen LogP contribution in [0.2, 0.25) is 23.2 Å².